The monoisotopic (exact) mass is 422 g/mol. The van der Waals surface area contributed by atoms with E-state index in [4.69, 9.17) is 10.2 Å². The van der Waals surface area contributed by atoms with Crippen molar-refractivity contribution < 1.29 is 18.0 Å². The molecule has 2 aromatic carbocycles. The van der Waals surface area contributed by atoms with Gasteiger partial charge in [-0.15, -0.1) is 10.2 Å². The van der Waals surface area contributed by atoms with Crippen molar-refractivity contribution in [1.29, 1.82) is 0 Å². The van der Waals surface area contributed by atoms with Crippen molar-refractivity contribution >= 4 is 34.6 Å². The molecule has 0 spiro atoms. The standard InChI is InChI=1S/C21H16F2N6O2/c22-12-4-1-11(2-5-12)3-6-15-13-9-17(14(23)10-16(13)27-26-15)25-18(30)19-28-29-20(31-19)21(24)7-8-21/h1-6,9-10H,7-8,24H2,(H,25,30)(H,26,27)/b6-3+. The van der Waals surface area contributed by atoms with Gasteiger partial charge in [0.25, 0.3) is 0 Å². The number of halogens is 2. The van der Waals surface area contributed by atoms with E-state index in [9.17, 15) is 13.6 Å². The van der Waals surface area contributed by atoms with Crippen molar-refractivity contribution in [3.05, 3.63) is 71.1 Å². The maximum atomic E-state index is 14.5. The third-order valence-electron chi connectivity index (χ3n) is 5.07. The van der Waals surface area contributed by atoms with E-state index in [-0.39, 0.29) is 23.3 Å². The fourth-order valence-electron chi connectivity index (χ4n) is 3.07. The van der Waals surface area contributed by atoms with Gasteiger partial charge in [0.2, 0.25) is 5.89 Å². The summed E-state index contributed by atoms with van der Waals surface area (Å²) < 4.78 is 32.9. The molecule has 0 unspecified atom stereocenters. The summed E-state index contributed by atoms with van der Waals surface area (Å²) in [5.74, 6) is -1.83. The Morgan fingerprint density at radius 3 is 2.68 bits per heavy atom. The normalized spacial score (nSPS) is 14.9. The maximum Gasteiger partial charge on any atom is 0.313 e. The van der Waals surface area contributed by atoms with E-state index < -0.39 is 17.3 Å². The SMILES string of the molecule is NC1(c2nnc(C(=O)Nc3cc4c(/C=C/c5ccc(F)cc5)n[nH]c4cc3F)o2)CC1. The van der Waals surface area contributed by atoms with Gasteiger partial charge in [-0.3, -0.25) is 9.89 Å². The molecule has 0 atom stereocenters. The number of hydrogen-bond donors (Lipinski definition) is 3. The number of rotatable bonds is 5. The number of nitrogens with zero attached hydrogens (tertiary/aromatic N) is 3. The molecule has 1 aliphatic rings. The predicted molar refractivity (Wildman–Crippen MR) is 109 cm³/mol. The van der Waals surface area contributed by atoms with Crippen molar-refractivity contribution in [1.82, 2.24) is 20.4 Å². The number of anilines is 1. The number of hydrogen-bond acceptors (Lipinski definition) is 6. The molecule has 0 bridgehead atoms. The molecule has 2 heterocycles. The number of fused-ring (bicyclic) bond motifs is 1. The third kappa shape index (κ3) is 3.68. The maximum absolute atomic E-state index is 14.5. The Morgan fingerprint density at radius 1 is 1.16 bits per heavy atom. The van der Waals surface area contributed by atoms with Crippen LogP contribution in [0.3, 0.4) is 0 Å². The number of amides is 1. The molecule has 8 nitrogen and oxygen atoms in total. The van der Waals surface area contributed by atoms with Crippen LogP contribution in [-0.2, 0) is 5.54 Å². The van der Waals surface area contributed by atoms with Crippen LogP contribution in [-0.4, -0.2) is 26.3 Å². The van der Waals surface area contributed by atoms with Crippen LogP contribution in [0.5, 0.6) is 0 Å². The van der Waals surface area contributed by atoms with Gasteiger partial charge >= 0.3 is 11.8 Å². The van der Waals surface area contributed by atoms with E-state index in [1.807, 2.05) is 0 Å². The van der Waals surface area contributed by atoms with Gasteiger partial charge in [-0.2, -0.15) is 5.10 Å². The minimum Gasteiger partial charge on any atom is -0.415 e. The fraction of sp³-hybridized carbons (Fsp3) is 0.143. The predicted octanol–water partition coefficient (Wildman–Crippen LogP) is 3.59. The number of aromatic amines is 1. The fourth-order valence-corrected chi connectivity index (χ4v) is 3.07. The number of nitrogens with two attached hydrogens (primary N) is 1. The van der Waals surface area contributed by atoms with E-state index in [1.54, 1.807) is 24.3 Å². The average molecular weight is 422 g/mol. The first-order valence-electron chi connectivity index (χ1n) is 9.47. The second-order valence-electron chi connectivity index (χ2n) is 7.39. The molecular weight excluding hydrogens is 406 g/mol. The molecule has 4 aromatic rings. The minimum atomic E-state index is -0.742. The Bertz CT molecular complexity index is 1320. The summed E-state index contributed by atoms with van der Waals surface area (Å²) in [6.07, 6.45) is 4.86. The highest BCUT2D eigenvalue weighted by Crippen LogP contribution is 2.41. The minimum absolute atomic E-state index is 0.0658. The zero-order chi connectivity index (χ0) is 21.6. The van der Waals surface area contributed by atoms with Gasteiger partial charge in [-0.05, 0) is 42.7 Å². The summed E-state index contributed by atoms with van der Waals surface area (Å²) in [5.41, 5.74) is 6.99. The smallest absolute Gasteiger partial charge is 0.313 e. The second kappa shape index (κ2) is 7.10. The van der Waals surface area contributed by atoms with E-state index in [0.717, 1.165) is 5.56 Å². The lowest BCUT2D eigenvalue weighted by molar-refractivity contribution is 0.0987. The number of nitrogens with one attached hydrogen (secondary N) is 2. The molecule has 10 heteroatoms. The molecule has 0 radical (unpaired) electrons. The zero-order valence-electron chi connectivity index (χ0n) is 16.0. The van der Waals surface area contributed by atoms with Crippen LogP contribution in [0, 0.1) is 11.6 Å². The Hall–Kier alpha value is -3.92. The van der Waals surface area contributed by atoms with Gasteiger partial charge in [0, 0.05) is 11.5 Å². The summed E-state index contributed by atoms with van der Waals surface area (Å²) in [7, 11) is 0. The van der Waals surface area contributed by atoms with Crippen LogP contribution in [0.2, 0.25) is 0 Å². The molecule has 2 aromatic heterocycles. The first-order valence-corrected chi connectivity index (χ1v) is 9.47. The van der Waals surface area contributed by atoms with Crippen molar-refractivity contribution in [2.75, 3.05) is 5.32 Å². The quantitative estimate of drug-likeness (QED) is 0.452. The van der Waals surface area contributed by atoms with Crippen LogP contribution in [0.15, 0.2) is 40.8 Å². The summed E-state index contributed by atoms with van der Waals surface area (Å²) in [4.78, 5) is 12.4. The van der Waals surface area contributed by atoms with Gasteiger partial charge in [0.15, 0.2) is 0 Å². The van der Waals surface area contributed by atoms with E-state index in [2.05, 4.69) is 25.7 Å². The summed E-state index contributed by atoms with van der Waals surface area (Å²) in [6.45, 7) is 0. The van der Waals surface area contributed by atoms with E-state index in [1.165, 1.54) is 24.3 Å². The molecule has 1 aliphatic carbocycles. The first kappa shape index (κ1) is 19.1. The second-order valence-corrected chi connectivity index (χ2v) is 7.39. The Kier molecular flexibility index (Phi) is 4.36. The summed E-state index contributed by atoms with van der Waals surface area (Å²) in [5, 5.41) is 17.4. The molecule has 0 saturated heterocycles. The van der Waals surface area contributed by atoms with Crippen molar-refractivity contribution in [3.63, 3.8) is 0 Å². The van der Waals surface area contributed by atoms with Gasteiger partial charge in [-0.25, -0.2) is 8.78 Å². The highest BCUT2D eigenvalue weighted by Gasteiger charge is 2.45. The van der Waals surface area contributed by atoms with Crippen LogP contribution >= 0.6 is 0 Å². The lowest BCUT2D eigenvalue weighted by Crippen LogP contribution is -2.19. The lowest BCUT2D eigenvalue weighted by atomic mass is 10.1. The van der Waals surface area contributed by atoms with Crippen molar-refractivity contribution in [2.45, 2.75) is 18.4 Å². The number of H-pyrrole nitrogens is 1. The van der Waals surface area contributed by atoms with Crippen molar-refractivity contribution in [3.8, 4) is 0 Å². The Labute approximate surface area is 174 Å². The summed E-state index contributed by atoms with van der Waals surface area (Å²) >= 11 is 0. The molecule has 1 amide bonds. The highest BCUT2D eigenvalue weighted by molar-refractivity contribution is 6.02. The summed E-state index contributed by atoms with van der Waals surface area (Å²) in [6, 6.07) is 8.63. The van der Waals surface area contributed by atoms with E-state index >= 15 is 0 Å². The number of benzene rings is 2. The first-order chi connectivity index (χ1) is 14.9. The van der Waals surface area contributed by atoms with Gasteiger partial charge in [-0.1, -0.05) is 18.2 Å². The number of aromatic nitrogens is 4. The molecule has 1 fully saturated rings. The zero-order valence-corrected chi connectivity index (χ0v) is 16.0. The average Bonchev–Trinajstić information content (AvgIpc) is 3.16. The van der Waals surface area contributed by atoms with E-state index in [0.29, 0.717) is 29.4 Å². The Morgan fingerprint density at radius 2 is 1.94 bits per heavy atom. The van der Waals surface area contributed by atoms with Gasteiger partial charge < -0.3 is 15.5 Å². The largest absolute Gasteiger partial charge is 0.415 e. The topological polar surface area (TPSA) is 123 Å². The third-order valence-corrected chi connectivity index (χ3v) is 5.07. The highest BCUT2D eigenvalue weighted by atomic mass is 19.1. The molecule has 0 aliphatic heterocycles. The molecule has 31 heavy (non-hydrogen) atoms. The van der Waals surface area contributed by atoms with Crippen molar-refractivity contribution in [2.24, 2.45) is 5.73 Å². The van der Waals surface area contributed by atoms with Gasteiger partial charge in [0.05, 0.1) is 22.4 Å². The molecular formula is C21H16F2N6O2. The van der Waals surface area contributed by atoms with Crippen LogP contribution in [0.25, 0.3) is 23.1 Å². The molecule has 5 rings (SSSR count). The van der Waals surface area contributed by atoms with Crippen LogP contribution in [0.4, 0.5) is 14.5 Å². The van der Waals surface area contributed by atoms with Crippen LogP contribution < -0.4 is 11.1 Å². The number of carbonyl (C=O) groups is 1. The molecule has 1 saturated carbocycles. The van der Waals surface area contributed by atoms with Crippen LogP contribution in [0.1, 0.15) is 40.7 Å². The number of carbonyl (C=O) groups excluding carboxylic acids is 1. The molecule has 156 valence electrons. The molecule has 4 N–H and O–H groups in total. The Balaban J connectivity index is 1.40. The van der Waals surface area contributed by atoms with Gasteiger partial charge in [0.1, 0.15) is 11.6 Å². The lowest BCUT2D eigenvalue weighted by Gasteiger charge is -2.05.